The van der Waals surface area contributed by atoms with Gasteiger partial charge in [-0.05, 0) is 25.9 Å². The first-order valence-electron chi connectivity index (χ1n) is 6.32. The highest BCUT2D eigenvalue weighted by Crippen LogP contribution is 2.27. The summed E-state index contributed by atoms with van der Waals surface area (Å²) in [6.07, 6.45) is 5.42. The number of nitrogens with one attached hydrogen (secondary N) is 1. The first-order chi connectivity index (χ1) is 8.81. The first kappa shape index (κ1) is 13.4. The van der Waals surface area contributed by atoms with Gasteiger partial charge in [-0.3, -0.25) is 0 Å². The fourth-order valence-electron chi connectivity index (χ4n) is 2.17. The molecule has 5 nitrogen and oxygen atoms in total. The number of aromatic nitrogens is 2. The zero-order chi connectivity index (χ0) is 12.8. The van der Waals surface area contributed by atoms with E-state index in [-0.39, 0.29) is 0 Å². The summed E-state index contributed by atoms with van der Waals surface area (Å²) in [5.74, 6) is 1.17. The second-order valence-corrected chi connectivity index (χ2v) is 4.73. The van der Waals surface area contributed by atoms with Crippen molar-refractivity contribution in [2.24, 2.45) is 0 Å². The highest BCUT2D eigenvalue weighted by molar-refractivity contribution is 6.31. The fourth-order valence-corrected chi connectivity index (χ4v) is 2.38. The molecule has 2 heterocycles. The van der Waals surface area contributed by atoms with Gasteiger partial charge in [0.05, 0.1) is 7.11 Å². The highest BCUT2D eigenvalue weighted by atomic mass is 35.5. The number of likely N-dealkylation sites (tertiary alicyclic amines) is 1. The van der Waals surface area contributed by atoms with Crippen LogP contribution in [0.15, 0.2) is 6.33 Å². The van der Waals surface area contributed by atoms with Gasteiger partial charge in [0.2, 0.25) is 0 Å². The van der Waals surface area contributed by atoms with Crippen LogP contribution in [0.3, 0.4) is 0 Å². The average Bonchev–Trinajstić information content (AvgIpc) is 2.40. The van der Waals surface area contributed by atoms with E-state index in [0.717, 1.165) is 13.1 Å². The Labute approximate surface area is 113 Å². The van der Waals surface area contributed by atoms with Crippen LogP contribution in [0.5, 0.6) is 5.75 Å². The minimum Gasteiger partial charge on any atom is -0.490 e. The van der Waals surface area contributed by atoms with Crippen molar-refractivity contribution in [3.63, 3.8) is 0 Å². The van der Waals surface area contributed by atoms with Crippen LogP contribution in [0.1, 0.15) is 19.3 Å². The maximum atomic E-state index is 5.93. The lowest BCUT2D eigenvalue weighted by molar-refractivity contribution is 0.237. The maximum Gasteiger partial charge on any atom is 0.198 e. The molecule has 1 aliphatic rings. The normalized spacial score (nSPS) is 16.6. The second-order valence-electron chi connectivity index (χ2n) is 4.38. The number of ether oxygens (including phenoxy) is 1. The Morgan fingerprint density at radius 2 is 2.11 bits per heavy atom. The SMILES string of the molecule is COc1c(Cl)ncnc1NCCN1CCCCC1. The molecular formula is C12H19ClN4O. The van der Waals surface area contributed by atoms with Crippen LogP contribution in [0.2, 0.25) is 5.15 Å². The molecule has 100 valence electrons. The molecule has 0 amide bonds. The van der Waals surface area contributed by atoms with E-state index in [1.54, 1.807) is 7.11 Å². The standard InChI is InChI=1S/C12H19ClN4O/c1-18-10-11(13)15-9-16-12(10)14-5-8-17-6-3-2-4-7-17/h9H,2-8H2,1H3,(H,14,15,16). The molecule has 1 aliphatic heterocycles. The number of anilines is 1. The highest BCUT2D eigenvalue weighted by Gasteiger charge is 2.12. The topological polar surface area (TPSA) is 50.3 Å². The zero-order valence-corrected chi connectivity index (χ0v) is 11.4. The van der Waals surface area contributed by atoms with E-state index in [4.69, 9.17) is 16.3 Å². The molecule has 0 aromatic carbocycles. The van der Waals surface area contributed by atoms with Crippen molar-refractivity contribution < 1.29 is 4.74 Å². The molecule has 1 aromatic rings. The number of hydrogen-bond acceptors (Lipinski definition) is 5. The molecule has 0 bridgehead atoms. The van der Waals surface area contributed by atoms with Crippen LogP contribution in [0.25, 0.3) is 0 Å². The number of halogens is 1. The number of hydrogen-bond donors (Lipinski definition) is 1. The van der Waals surface area contributed by atoms with Crippen LogP contribution < -0.4 is 10.1 Å². The second kappa shape index (κ2) is 6.75. The summed E-state index contributed by atoms with van der Waals surface area (Å²) >= 11 is 5.93. The van der Waals surface area contributed by atoms with E-state index in [2.05, 4.69) is 20.2 Å². The third-order valence-corrected chi connectivity index (χ3v) is 3.40. The van der Waals surface area contributed by atoms with Crippen LogP contribution in [-0.2, 0) is 0 Å². The van der Waals surface area contributed by atoms with Crippen molar-refractivity contribution in [2.45, 2.75) is 19.3 Å². The lowest BCUT2D eigenvalue weighted by atomic mass is 10.1. The molecule has 1 aromatic heterocycles. The molecule has 0 unspecified atom stereocenters. The molecule has 0 atom stereocenters. The maximum absolute atomic E-state index is 5.93. The van der Waals surface area contributed by atoms with Gasteiger partial charge in [-0.2, -0.15) is 0 Å². The summed E-state index contributed by atoms with van der Waals surface area (Å²) in [6.45, 7) is 4.25. The van der Waals surface area contributed by atoms with Gasteiger partial charge in [0.15, 0.2) is 16.7 Å². The summed E-state index contributed by atoms with van der Waals surface area (Å²) in [6, 6.07) is 0. The van der Waals surface area contributed by atoms with Crippen molar-refractivity contribution in [1.82, 2.24) is 14.9 Å². The van der Waals surface area contributed by atoms with Crippen molar-refractivity contribution in [2.75, 3.05) is 38.6 Å². The van der Waals surface area contributed by atoms with Crippen LogP contribution >= 0.6 is 11.6 Å². The lowest BCUT2D eigenvalue weighted by Crippen LogP contribution is -2.33. The van der Waals surface area contributed by atoms with Crippen LogP contribution in [0.4, 0.5) is 5.82 Å². The van der Waals surface area contributed by atoms with E-state index < -0.39 is 0 Å². The van der Waals surface area contributed by atoms with E-state index in [0.29, 0.717) is 16.7 Å². The Balaban J connectivity index is 1.84. The molecule has 18 heavy (non-hydrogen) atoms. The van der Waals surface area contributed by atoms with E-state index >= 15 is 0 Å². The number of nitrogens with zero attached hydrogens (tertiary/aromatic N) is 3. The summed E-state index contributed by atoms with van der Waals surface area (Å²) < 4.78 is 5.19. The van der Waals surface area contributed by atoms with Gasteiger partial charge in [-0.15, -0.1) is 0 Å². The average molecular weight is 271 g/mol. The van der Waals surface area contributed by atoms with Gasteiger partial charge in [-0.25, -0.2) is 9.97 Å². The lowest BCUT2D eigenvalue weighted by Gasteiger charge is -2.26. The van der Waals surface area contributed by atoms with Gasteiger partial charge >= 0.3 is 0 Å². The third-order valence-electron chi connectivity index (χ3n) is 3.13. The predicted octanol–water partition coefficient (Wildman–Crippen LogP) is 2.04. The molecule has 0 radical (unpaired) electrons. The van der Waals surface area contributed by atoms with Crippen molar-refractivity contribution in [3.8, 4) is 5.75 Å². The number of methoxy groups -OCH3 is 1. The molecule has 6 heteroatoms. The van der Waals surface area contributed by atoms with Gasteiger partial charge in [0.25, 0.3) is 0 Å². The molecule has 2 rings (SSSR count). The molecule has 1 saturated heterocycles. The van der Waals surface area contributed by atoms with E-state index in [9.17, 15) is 0 Å². The largest absolute Gasteiger partial charge is 0.490 e. The Kier molecular flexibility index (Phi) is 5.01. The van der Waals surface area contributed by atoms with Crippen LogP contribution in [-0.4, -0.2) is 48.2 Å². The quantitative estimate of drug-likeness (QED) is 0.830. The Morgan fingerprint density at radius 1 is 1.33 bits per heavy atom. The number of piperidine rings is 1. The third kappa shape index (κ3) is 3.46. The first-order valence-corrected chi connectivity index (χ1v) is 6.70. The Bertz CT molecular complexity index is 382. The monoisotopic (exact) mass is 270 g/mol. The molecule has 1 N–H and O–H groups in total. The minimum absolute atomic E-state index is 0.341. The van der Waals surface area contributed by atoms with Gasteiger partial charge in [-0.1, -0.05) is 18.0 Å². The smallest absolute Gasteiger partial charge is 0.198 e. The molecule has 0 aliphatic carbocycles. The van der Waals surface area contributed by atoms with E-state index in [1.165, 1.54) is 38.7 Å². The molecular weight excluding hydrogens is 252 g/mol. The zero-order valence-electron chi connectivity index (χ0n) is 10.7. The predicted molar refractivity (Wildman–Crippen MR) is 72.4 cm³/mol. The van der Waals surface area contributed by atoms with Crippen molar-refractivity contribution >= 4 is 17.4 Å². The molecule has 0 spiro atoms. The summed E-state index contributed by atoms with van der Waals surface area (Å²) in [5, 5.41) is 3.59. The summed E-state index contributed by atoms with van der Waals surface area (Å²) in [4.78, 5) is 10.5. The van der Waals surface area contributed by atoms with Crippen molar-refractivity contribution in [3.05, 3.63) is 11.5 Å². The van der Waals surface area contributed by atoms with Gasteiger partial charge < -0.3 is 15.0 Å². The van der Waals surface area contributed by atoms with Gasteiger partial charge in [0, 0.05) is 13.1 Å². The molecule has 0 saturated carbocycles. The van der Waals surface area contributed by atoms with Crippen LogP contribution in [0, 0.1) is 0 Å². The number of rotatable bonds is 5. The summed E-state index contributed by atoms with van der Waals surface area (Å²) in [7, 11) is 1.57. The molecule has 1 fully saturated rings. The van der Waals surface area contributed by atoms with E-state index in [1.807, 2.05) is 0 Å². The fraction of sp³-hybridized carbons (Fsp3) is 0.667. The Morgan fingerprint density at radius 3 is 2.83 bits per heavy atom. The summed E-state index contributed by atoms with van der Waals surface area (Å²) in [5.41, 5.74) is 0. The van der Waals surface area contributed by atoms with Gasteiger partial charge in [0.1, 0.15) is 6.33 Å². The van der Waals surface area contributed by atoms with Crippen molar-refractivity contribution in [1.29, 1.82) is 0 Å². The minimum atomic E-state index is 0.341. The Hall–Kier alpha value is -1.07.